The van der Waals surface area contributed by atoms with Crippen molar-refractivity contribution in [3.05, 3.63) is 10.6 Å². The molecule has 7 heteroatoms. The minimum atomic E-state index is -0.861. The summed E-state index contributed by atoms with van der Waals surface area (Å²) in [5, 5.41) is 12.2. The molecule has 1 heterocycles. The minimum absolute atomic E-state index is 0.400. The molecule has 0 bridgehead atoms. The second-order valence-corrected chi connectivity index (χ2v) is 6.82. The first kappa shape index (κ1) is 14.8. The third-order valence-corrected chi connectivity index (χ3v) is 3.91. The number of thiazole rings is 1. The number of carbonyl (C=O) groups is 2. The van der Waals surface area contributed by atoms with E-state index in [-0.39, 0.29) is 0 Å². The fraction of sp³-hybridized carbons (Fsp3) is 0.615. The van der Waals surface area contributed by atoms with E-state index in [0.29, 0.717) is 17.2 Å². The van der Waals surface area contributed by atoms with E-state index in [4.69, 9.17) is 4.74 Å². The molecule has 0 spiro atoms. The highest BCUT2D eigenvalue weighted by Crippen LogP contribution is 2.36. The van der Waals surface area contributed by atoms with Gasteiger partial charge in [-0.3, -0.25) is 10.1 Å². The average Bonchev–Trinajstić information content (AvgIpc) is 2.67. The zero-order valence-corrected chi connectivity index (χ0v) is 12.5. The summed E-state index contributed by atoms with van der Waals surface area (Å²) in [5.74, 6) is -1.43. The molecule has 0 saturated heterocycles. The van der Waals surface area contributed by atoms with Crippen molar-refractivity contribution in [1.82, 2.24) is 4.98 Å². The molecule has 1 aliphatic rings. The Labute approximate surface area is 121 Å². The van der Waals surface area contributed by atoms with Gasteiger partial charge >= 0.3 is 12.1 Å². The highest BCUT2D eigenvalue weighted by molar-refractivity contribution is 7.15. The Balaban J connectivity index is 2.12. The summed E-state index contributed by atoms with van der Waals surface area (Å²) in [7, 11) is 0. The van der Waals surface area contributed by atoms with Gasteiger partial charge in [-0.15, -0.1) is 11.3 Å². The van der Waals surface area contributed by atoms with Crippen molar-refractivity contribution in [2.45, 2.75) is 51.6 Å². The van der Waals surface area contributed by atoms with E-state index in [1.165, 1.54) is 11.3 Å². The van der Waals surface area contributed by atoms with Gasteiger partial charge in [-0.2, -0.15) is 0 Å². The molecule has 0 aliphatic heterocycles. The monoisotopic (exact) mass is 298 g/mol. The number of carboxylic acid groups (broad SMARTS) is 1. The van der Waals surface area contributed by atoms with Gasteiger partial charge in [0.2, 0.25) is 0 Å². The Hall–Kier alpha value is -1.63. The first-order valence-corrected chi connectivity index (χ1v) is 7.30. The van der Waals surface area contributed by atoms with Gasteiger partial charge in [-0.25, -0.2) is 9.78 Å². The predicted octanol–water partition coefficient (Wildman–Crippen LogP) is 2.99. The first-order chi connectivity index (χ1) is 9.26. The van der Waals surface area contributed by atoms with E-state index in [0.717, 1.165) is 17.7 Å². The van der Waals surface area contributed by atoms with Crippen LogP contribution in [0.15, 0.2) is 0 Å². The number of hydrogen-bond acceptors (Lipinski definition) is 5. The Morgan fingerprint density at radius 2 is 2.15 bits per heavy atom. The van der Waals surface area contributed by atoms with E-state index in [1.807, 2.05) is 0 Å². The van der Waals surface area contributed by atoms with Crippen molar-refractivity contribution < 1.29 is 19.4 Å². The molecule has 1 atom stereocenters. The van der Waals surface area contributed by atoms with Crippen LogP contribution < -0.4 is 5.32 Å². The zero-order chi connectivity index (χ0) is 14.9. The van der Waals surface area contributed by atoms with Crippen molar-refractivity contribution >= 4 is 28.5 Å². The molecule has 1 aliphatic carbocycles. The van der Waals surface area contributed by atoms with Crippen LogP contribution in [0.2, 0.25) is 0 Å². The van der Waals surface area contributed by atoms with Crippen LogP contribution in [0.3, 0.4) is 0 Å². The van der Waals surface area contributed by atoms with Crippen LogP contribution in [0.5, 0.6) is 0 Å². The van der Waals surface area contributed by atoms with Crippen LogP contribution in [-0.2, 0) is 16.0 Å². The Kier molecular flexibility index (Phi) is 3.99. The molecule has 6 nitrogen and oxygen atoms in total. The Bertz CT molecular complexity index is 533. The minimum Gasteiger partial charge on any atom is -0.481 e. The quantitative estimate of drug-likeness (QED) is 0.876. The van der Waals surface area contributed by atoms with Crippen molar-refractivity contribution in [3.63, 3.8) is 0 Å². The van der Waals surface area contributed by atoms with Gasteiger partial charge < -0.3 is 9.84 Å². The number of amides is 1. The van der Waals surface area contributed by atoms with Crippen LogP contribution >= 0.6 is 11.3 Å². The SMILES string of the molecule is CC(C)(C)OC(=O)Nc1nc2c(s1)CCCC2C(=O)O. The van der Waals surface area contributed by atoms with Crippen LogP contribution in [0.1, 0.15) is 50.1 Å². The maximum atomic E-state index is 11.7. The number of carbonyl (C=O) groups excluding carboxylic acids is 1. The predicted molar refractivity (Wildman–Crippen MR) is 75.3 cm³/mol. The standard InChI is InChI=1S/C13H18N2O4S/c1-13(2,3)19-12(18)15-11-14-9-7(10(16)17)5-4-6-8(9)20-11/h7H,4-6H2,1-3H3,(H,16,17)(H,14,15,18). The largest absolute Gasteiger partial charge is 0.481 e. The van der Waals surface area contributed by atoms with E-state index >= 15 is 0 Å². The highest BCUT2D eigenvalue weighted by atomic mass is 32.1. The first-order valence-electron chi connectivity index (χ1n) is 6.48. The molecule has 1 aromatic heterocycles. The summed E-state index contributed by atoms with van der Waals surface area (Å²) in [5.41, 5.74) is 0.00435. The molecule has 2 N–H and O–H groups in total. The lowest BCUT2D eigenvalue weighted by Crippen LogP contribution is -2.27. The second-order valence-electron chi connectivity index (χ2n) is 5.74. The van der Waals surface area contributed by atoms with Gasteiger partial charge in [-0.1, -0.05) is 0 Å². The molecule has 1 amide bonds. The number of ether oxygens (including phenoxy) is 1. The van der Waals surface area contributed by atoms with Gasteiger partial charge in [0.1, 0.15) is 11.5 Å². The van der Waals surface area contributed by atoms with Crippen molar-refractivity contribution in [1.29, 1.82) is 0 Å². The van der Waals surface area contributed by atoms with E-state index in [1.54, 1.807) is 20.8 Å². The number of aryl methyl sites for hydroxylation is 1. The van der Waals surface area contributed by atoms with Crippen LogP contribution in [-0.4, -0.2) is 27.8 Å². The lowest BCUT2D eigenvalue weighted by Gasteiger charge is -2.18. The number of rotatable bonds is 2. The van der Waals surface area contributed by atoms with Crippen molar-refractivity contribution in [3.8, 4) is 0 Å². The molecule has 0 saturated carbocycles. The van der Waals surface area contributed by atoms with Gasteiger partial charge in [0.15, 0.2) is 5.13 Å². The average molecular weight is 298 g/mol. The summed E-state index contributed by atoms with van der Waals surface area (Å²) in [6.07, 6.45) is 1.67. The third kappa shape index (κ3) is 3.47. The number of fused-ring (bicyclic) bond motifs is 1. The molecular weight excluding hydrogens is 280 g/mol. The summed E-state index contributed by atoms with van der Waals surface area (Å²) < 4.78 is 5.15. The molecular formula is C13H18N2O4S. The van der Waals surface area contributed by atoms with Gasteiger partial charge in [0, 0.05) is 4.88 Å². The van der Waals surface area contributed by atoms with Crippen LogP contribution in [0.25, 0.3) is 0 Å². The molecule has 0 fully saturated rings. The summed E-state index contributed by atoms with van der Waals surface area (Å²) in [6.45, 7) is 5.33. The van der Waals surface area contributed by atoms with Crippen LogP contribution in [0, 0.1) is 0 Å². The summed E-state index contributed by atoms with van der Waals surface area (Å²) >= 11 is 1.32. The lowest BCUT2D eigenvalue weighted by atomic mass is 9.91. The van der Waals surface area contributed by atoms with E-state index in [2.05, 4.69) is 10.3 Å². The maximum absolute atomic E-state index is 11.7. The maximum Gasteiger partial charge on any atom is 0.413 e. The van der Waals surface area contributed by atoms with Crippen molar-refractivity contribution in [2.75, 3.05) is 5.32 Å². The van der Waals surface area contributed by atoms with E-state index in [9.17, 15) is 14.7 Å². The normalized spacial score (nSPS) is 18.2. The van der Waals surface area contributed by atoms with E-state index < -0.39 is 23.6 Å². The van der Waals surface area contributed by atoms with Gasteiger partial charge in [0.25, 0.3) is 0 Å². The highest BCUT2D eigenvalue weighted by Gasteiger charge is 2.30. The molecule has 0 radical (unpaired) electrons. The smallest absolute Gasteiger partial charge is 0.413 e. The number of nitrogens with zero attached hydrogens (tertiary/aromatic N) is 1. The number of hydrogen-bond donors (Lipinski definition) is 2. The second kappa shape index (κ2) is 5.40. The Morgan fingerprint density at radius 1 is 1.45 bits per heavy atom. The van der Waals surface area contributed by atoms with Crippen LogP contribution in [0.4, 0.5) is 9.93 Å². The summed E-state index contributed by atoms with van der Waals surface area (Å²) in [4.78, 5) is 28.1. The third-order valence-electron chi connectivity index (χ3n) is 2.86. The molecule has 110 valence electrons. The fourth-order valence-corrected chi connectivity index (χ4v) is 3.15. The van der Waals surface area contributed by atoms with Gasteiger partial charge in [0.05, 0.1) is 5.69 Å². The zero-order valence-electron chi connectivity index (χ0n) is 11.7. The molecule has 2 rings (SSSR count). The number of nitrogens with one attached hydrogen (secondary N) is 1. The summed E-state index contributed by atoms with van der Waals surface area (Å²) in [6, 6.07) is 0. The molecule has 1 aromatic rings. The topological polar surface area (TPSA) is 88.5 Å². The number of carboxylic acids is 1. The lowest BCUT2D eigenvalue weighted by molar-refractivity contribution is -0.139. The Morgan fingerprint density at radius 3 is 2.75 bits per heavy atom. The molecule has 0 aromatic carbocycles. The van der Waals surface area contributed by atoms with Crippen molar-refractivity contribution in [2.24, 2.45) is 0 Å². The number of aromatic nitrogens is 1. The fourth-order valence-electron chi connectivity index (χ4n) is 2.10. The molecule has 1 unspecified atom stereocenters. The van der Waals surface area contributed by atoms with Gasteiger partial charge in [-0.05, 0) is 40.0 Å². The number of aliphatic carboxylic acids is 1. The molecule has 20 heavy (non-hydrogen) atoms. The number of anilines is 1.